The van der Waals surface area contributed by atoms with E-state index in [4.69, 9.17) is 0 Å². The van der Waals surface area contributed by atoms with Crippen molar-refractivity contribution in [2.45, 2.75) is 57.7 Å². The maximum Gasteiger partial charge on any atom is 0.411 e. The lowest BCUT2D eigenvalue weighted by Crippen LogP contribution is -2.39. The van der Waals surface area contributed by atoms with Crippen LogP contribution in [-0.4, -0.2) is 31.4 Å². The first-order valence-corrected chi connectivity index (χ1v) is 7.15. The molecule has 0 N–H and O–H groups in total. The quantitative estimate of drug-likeness (QED) is 0.223. The van der Waals surface area contributed by atoms with E-state index in [1.54, 1.807) is 6.08 Å². The number of unbranched alkanes of at least 4 members (excludes halogenated alkanes) is 1. The highest BCUT2D eigenvalue weighted by Gasteiger charge is 2.38. The van der Waals surface area contributed by atoms with Crippen molar-refractivity contribution < 1.29 is 35.8 Å². The van der Waals surface area contributed by atoms with Crippen LogP contribution in [0.25, 0.3) is 0 Å². The highest BCUT2D eigenvalue weighted by molar-refractivity contribution is 4.87. The molecule has 2 nitrogen and oxygen atoms in total. The van der Waals surface area contributed by atoms with E-state index in [9.17, 15) is 26.3 Å². The summed E-state index contributed by atoms with van der Waals surface area (Å²) in [6.45, 7) is -0.359. The zero-order valence-corrected chi connectivity index (χ0v) is 13.1. The molecule has 0 aromatic rings. The Kier molecular flexibility index (Phi) is 9.53. The zero-order chi connectivity index (χ0) is 18.0. The Hall–Kier alpha value is -1.02. The van der Waals surface area contributed by atoms with E-state index in [0.29, 0.717) is 0 Å². The monoisotopic (exact) mass is 348 g/mol. The molecule has 23 heavy (non-hydrogen) atoms. The molecule has 0 aromatic heterocycles. The van der Waals surface area contributed by atoms with Crippen LogP contribution >= 0.6 is 0 Å². The number of ether oxygens (including phenoxy) is 2. The fraction of sp³-hybridized carbons (Fsp3) is 0.733. The van der Waals surface area contributed by atoms with E-state index < -0.39 is 31.4 Å². The molecule has 8 heteroatoms. The summed E-state index contributed by atoms with van der Waals surface area (Å²) in [7, 11) is 0. The second-order valence-corrected chi connectivity index (χ2v) is 5.10. The van der Waals surface area contributed by atoms with Crippen LogP contribution in [0.5, 0.6) is 0 Å². The zero-order valence-electron chi connectivity index (χ0n) is 13.1. The van der Waals surface area contributed by atoms with Gasteiger partial charge in [-0.25, -0.2) is 0 Å². The minimum Gasteiger partial charge on any atom is -0.341 e. The van der Waals surface area contributed by atoms with Gasteiger partial charge >= 0.3 is 12.4 Å². The topological polar surface area (TPSA) is 18.5 Å². The van der Waals surface area contributed by atoms with Crippen molar-refractivity contribution in [1.29, 1.82) is 0 Å². The lowest BCUT2D eigenvalue weighted by Gasteiger charge is -2.30. The summed E-state index contributed by atoms with van der Waals surface area (Å²) in [5.74, 6) is -1.95. The number of rotatable bonds is 10. The van der Waals surface area contributed by atoms with Crippen LogP contribution in [0.2, 0.25) is 0 Å². The summed E-state index contributed by atoms with van der Waals surface area (Å²) in [5.41, 5.74) is 0. The predicted octanol–water partition coefficient (Wildman–Crippen LogP) is 5.55. The Morgan fingerprint density at radius 1 is 0.739 bits per heavy atom. The van der Waals surface area contributed by atoms with Gasteiger partial charge in [0.15, 0.2) is 5.79 Å². The Labute approximate surface area is 132 Å². The maximum absolute atomic E-state index is 12.2. The average molecular weight is 348 g/mol. The maximum atomic E-state index is 12.2. The Morgan fingerprint density at radius 3 is 1.61 bits per heavy atom. The van der Waals surface area contributed by atoms with Crippen LogP contribution in [0, 0.1) is 0 Å². The molecule has 0 rings (SSSR count). The molecule has 0 radical (unpaired) electrons. The minimum atomic E-state index is -4.63. The SMILES string of the molecule is C/C=C/CC/C=C/CCC(C)(OCC(F)(F)F)OCC(F)(F)F. The molecular formula is C15H22F6O2. The molecule has 0 atom stereocenters. The predicted molar refractivity (Wildman–Crippen MR) is 74.8 cm³/mol. The van der Waals surface area contributed by atoms with Gasteiger partial charge in [0.1, 0.15) is 13.2 Å². The van der Waals surface area contributed by atoms with Crippen molar-refractivity contribution in [3.8, 4) is 0 Å². The molecule has 0 aliphatic carbocycles. The van der Waals surface area contributed by atoms with Crippen LogP contribution in [0.1, 0.15) is 39.5 Å². The van der Waals surface area contributed by atoms with Crippen LogP contribution in [-0.2, 0) is 9.47 Å². The highest BCUT2D eigenvalue weighted by Crippen LogP contribution is 2.27. The number of allylic oxidation sites excluding steroid dienone is 4. The summed E-state index contributed by atoms with van der Waals surface area (Å²) >= 11 is 0. The minimum absolute atomic E-state index is 0.112. The number of alkyl halides is 6. The average Bonchev–Trinajstić information content (AvgIpc) is 2.41. The number of hydrogen-bond donors (Lipinski definition) is 0. The number of hydrogen-bond acceptors (Lipinski definition) is 2. The Balaban J connectivity index is 4.46. The van der Waals surface area contributed by atoms with E-state index in [1.165, 1.54) is 0 Å². The lowest BCUT2D eigenvalue weighted by molar-refractivity contribution is -0.305. The van der Waals surface area contributed by atoms with Crippen molar-refractivity contribution in [3.05, 3.63) is 24.3 Å². The summed E-state index contributed by atoms with van der Waals surface area (Å²) in [4.78, 5) is 0. The molecular weight excluding hydrogens is 326 g/mol. The second-order valence-electron chi connectivity index (χ2n) is 5.10. The molecule has 0 aromatic carbocycles. The Morgan fingerprint density at radius 2 is 1.17 bits per heavy atom. The van der Waals surface area contributed by atoms with Crippen LogP contribution in [0.3, 0.4) is 0 Å². The van der Waals surface area contributed by atoms with Gasteiger partial charge in [-0.05, 0) is 33.1 Å². The third-order valence-corrected chi connectivity index (χ3v) is 2.75. The Bertz CT molecular complexity index is 353. The smallest absolute Gasteiger partial charge is 0.341 e. The third kappa shape index (κ3) is 14.3. The van der Waals surface area contributed by atoms with Crippen molar-refractivity contribution in [3.63, 3.8) is 0 Å². The van der Waals surface area contributed by atoms with Crippen LogP contribution in [0.15, 0.2) is 24.3 Å². The summed E-state index contributed by atoms with van der Waals surface area (Å²) < 4.78 is 82.3. The van der Waals surface area contributed by atoms with Crippen molar-refractivity contribution in [2.24, 2.45) is 0 Å². The van der Waals surface area contributed by atoms with Crippen molar-refractivity contribution >= 4 is 0 Å². The van der Waals surface area contributed by atoms with Gasteiger partial charge < -0.3 is 9.47 Å². The van der Waals surface area contributed by atoms with E-state index in [2.05, 4.69) is 9.47 Å². The van der Waals surface area contributed by atoms with Gasteiger partial charge in [-0.15, -0.1) is 0 Å². The van der Waals surface area contributed by atoms with Gasteiger partial charge in [0.25, 0.3) is 0 Å². The molecule has 0 saturated heterocycles. The van der Waals surface area contributed by atoms with Crippen LogP contribution < -0.4 is 0 Å². The van der Waals surface area contributed by atoms with E-state index in [-0.39, 0.29) is 12.8 Å². The summed E-state index contributed by atoms with van der Waals surface area (Å²) in [6.07, 6.45) is -0.219. The normalized spacial score (nSPS) is 14.3. The second kappa shape index (κ2) is 9.97. The molecule has 0 aliphatic heterocycles. The molecule has 0 bridgehead atoms. The van der Waals surface area contributed by atoms with E-state index >= 15 is 0 Å². The van der Waals surface area contributed by atoms with Crippen molar-refractivity contribution in [2.75, 3.05) is 13.2 Å². The third-order valence-electron chi connectivity index (χ3n) is 2.75. The summed E-state index contributed by atoms with van der Waals surface area (Å²) in [6, 6.07) is 0. The molecule has 0 aliphatic rings. The molecule has 0 unspecified atom stereocenters. The van der Waals surface area contributed by atoms with Gasteiger partial charge in [0.05, 0.1) is 0 Å². The van der Waals surface area contributed by atoms with Gasteiger partial charge in [0.2, 0.25) is 0 Å². The first-order chi connectivity index (χ1) is 10.5. The first-order valence-electron chi connectivity index (χ1n) is 7.15. The van der Waals surface area contributed by atoms with Gasteiger partial charge in [0, 0.05) is 6.42 Å². The van der Waals surface area contributed by atoms with Gasteiger partial charge in [-0.2, -0.15) is 26.3 Å². The largest absolute Gasteiger partial charge is 0.411 e. The van der Waals surface area contributed by atoms with Crippen LogP contribution in [0.4, 0.5) is 26.3 Å². The molecule has 136 valence electrons. The highest BCUT2D eigenvalue weighted by atomic mass is 19.4. The molecule has 0 fully saturated rings. The van der Waals surface area contributed by atoms with Gasteiger partial charge in [-0.3, -0.25) is 0 Å². The van der Waals surface area contributed by atoms with Crippen molar-refractivity contribution in [1.82, 2.24) is 0 Å². The first kappa shape index (κ1) is 22.0. The molecule has 0 saturated carbocycles. The lowest BCUT2D eigenvalue weighted by atomic mass is 10.1. The molecule has 0 heterocycles. The standard InChI is InChI=1S/C15H22F6O2/c1-3-4-5-6-7-8-9-10-13(2,22-11-14(16,17)18)23-12-15(19,20)21/h3-4,7-8H,5-6,9-12H2,1-2H3/b4-3+,8-7+. The molecule has 0 spiro atoms. The van der Waals surface area contributed by atoms with Gasteiger partial charge in [-0.1, -0.05) is 24.3 Å². The molecule has 0 amide bonds. The van der Waals surface area contributed by atoms with E-state index in [1.807, 2.05) is 25.2 Å². The number of halogens is 6. The van der Waals surface area contributed by atoms with E-state index in [0.717, 1.165) is 19.8 Å². The fourth-order valence-electron chi connectivity index (χ4n) is 1.60. The fourth-order valence-corrected chi connectivity index (χ4v) is 1.60. The summed E-state index contributed by atoms with van der Waals surface area (Å²) in [5, 5.41) is 0.